The SMILES string of the molecule is CSC1(CNC(=O)NC2CCNC2)CC1. The second-order valence-electron chi connectivity index (χ2n) is 4.40. The molecule has 1 unspecified atom stereocenters. The average Bonchev–Trinajstić information content (AvgIpc) is 2.86. The van der Waals surface area contributed by atoms with E-state index in [2.05, 4.69) is 22.2 Å². The summed E-state index contributed by atoms with van der Waals surface area (Å²) in [7, 11) is 0. The van der Waals surface area contributed by atoms with Gasteiger partial charge in [0.2, 0.25) is 0 Å². The van der Waals surface area contributed by atoms with E-state index in [0.29, 0.717) is 10.8 Å². The minimum Gasteiger partial charge on any atom is -0.337 e. The normalized spacial score (nSPS) is 27.4. The van der Waals surface area contributed by atoms with Gasteiger partial charge in [-0.25, -0.2) is 4.79 Å². The van der Waals surface area contributed by atoms with Crippen molar-refractivity contribution >= 4 is 17.8 Å². The van der Waals surface area contributed by atoms with E-state index in [4.69, 9.17) is 0 Å². The van der Waals surface area contributed by atoms with Crippen LogP contribution in [0.25, 0.3) is 0 Å². The highest BCUT2D eigenvalue weighted by molar-refractivity contribution is 8.00. The van der Waals surface area contributed by atoms with Gasteiger partial charge in [0.15, 0.2) is 0 Å². The average molecular weight is 229 g/mol. The Kier molecular flexibility index (Phi) is 3.41. The molecule has 2 rings (SSSR count). The molecule has 15 heavy (non-hydrogen) atoms. The van der Waals surface area contributed by atoms with Gasteiger partial charge in [-0.1, -0.05) is 0 Å². The van der Waals surface area contributed by atoms with Crippen molar-refractivity contribution < 1.29 is 4.79 Å². The molecule has 1 aliphatic heterocycles. The number of carbonyl (C=O) groups is 1. The van der Waals surface area contributed by atoms with Crippen molar-refractivity contribution in [3.63, 3.8) is 0 Å². The van der Waals surface area contributed by atoms with Crippen molar-refractivity contribution in [2.75, 3.05) is 25.9 Å². The lowest BCUT2D eigenvalue weighted by Gasteiger charge is -2.16. The van der Waals surface area contributed by atoms with Crippen LogP contribution in [-0.4, -0.2) is 42.7 Å². The van der Waals surface area contributed by atoms with Crippen molar-refractivity contribution in [3.05, 3.63) is 0 Å². The molecule has 0 aromatic carbocycles. The van der Waals surface area contributed by atoms with E-state index in [1.165, 1.54) is 12.8 Å². The quantitative estimate of drug-likeness (QED) is 0.659. The Bertz CT molecular complexity index is 237. The number of nitrogens with one attached hydrogen (secondary N) is 3. The molecule has 1 aliphatic carbocycles. The van der Waals surface area contributed by atoms with Crippen LogP contribution in [-0.2, 0) is 0 Å². The van der Waals surface area contributed by atoms with Crippen LogP contribution in [0.5, 0.6) is 0 Å². The summed E-state index contributed by atoms with van der Waals surface area (Å²) >= 11 is 1.87. The van der Waals surface area contributed by atoms with E-state index < -0.39 is 0 Å². The first-order valence-electron chi connectivity index (χ1n) is 5.54. The molecule has 2 fully saturated rings. The molecule has 86 valence electrons. The molecule has 1 heterocycles. The Morgan fingerprint density at radius 1 is 1.60 bits per heavy atom. The monoisotopic (exact) mass is 229 g/mol. The second-order valence-corrected chi connectivity index (χ2v) is 5.68. The maximum Gasteiger partial charge on any atom is 0.315 e. The number of carbonyl (C=O) groups excluding carboxylic acids is 1. The van der Waals surface area contributed by atoms with Gasteiger partial charge in [-0.15, -0.1) is 0 Å². The Labute approximate surface area is 94.9 Å². The van der Waals surface area contributed by atoms with Gasteiger partial charge in [0.1, 0.15) is 0 Å². The van der Waals surface area contributed by atoms with Gasteiger partial charge in [-0.05, 0) is 32.1 Å². The fourth-order valence-corrected chi connectivity index (χ4v) is 2.57. The molecule has 1 saturated carbocycles. The van der Waals surface area contributed by atoms with Crippen LogP contribution in [0.1, 0.15) is 19.3 Å². The van der Waals surface area contributed by atoms with E-state index in [1.807, 2.05) is 11.8 Å². The summed E-state index contributed by atoms with van der Waals surface area (Å²) in [6, 6.07) is 0.304. The van der Waals surface area contributed by atoms with Gasteiger partial charge in [0.25, 0.3) is 0 Å². The number of thioether (sulfide) groups is 1. The van der Waals surface area contributed by atoms with Crippen molar-refractivity contribution in [3.8, 4) is 0 Å². The lowest BCUT2D eigenvalue weighted by atomic mass is 10.3. The first-order chi connectivity index (χ1) is 7.24. The van der Waals surface area contributed by atoms with E-state index in [-0.39, 0.29) is 6.03 Å². The molecule has 1 atom stereocenters. The van der Waals surface area contributed by atoms with E-state index >= 15 is 0 Å². The third-order valence-electron chi connectivity index (χ3n) is 3.21. The second kappa shape index (κ2) is 4.61. The molecule has 0 radical (unpaired) electrons. The topological polar surface area (TPSA) is 53.2 Å². The number of rotatable bonds is 4. The van der Waals surface area contributed by atoms with Crippen LogP contribution in [0.4, 0.5) is 4.79 Å². The molecule has 0 bridgehead atoms. The zero-order valence-corrected chi connectivity index (χ0v) is 9.95. The van der Waals surface area contributed by atoms with Crippen LogP contribution in [0.3, 0.4) is 0 Å². The van der Waals surface area contributed by atoms with Crippen LogP contribution in [0, 0.1) is 0 Å². The number of hydrogen-bond donors (Lipinski definition) is 3. The minimum absolute atomic E-state index is 0.0102. The summed E-state index contributed by atoms with van der Waals surface area (Å²) in [6.07, 6.45) is 5.63. The van der Waals surface area contributed by atoms with Gasteiger partial charge in [0, 0.05) is 23.9 Å². The highest BCUT2D eigenvalue weighted by Gasteiger charge is 2.41. The van der Waals surface area contributed by atoms with Crippen molar-refractivity contribution in [1.82, 2.24) is 16.0 Å². The Balaban J connectivity index is 1.64. The largest absolute Gasteiger partial charge is 0.337 e. The van der Waals surface area contributed by atoms with Gasteiger partial charge >= 0.3 is 6.03 Å². The molecule has 2 amide bonds. The van der Waals surface area contributed by atoms with Crippen molar-refractivity contribution in [1.29, 1.82) is 0 Å². The maximum absolute atomic E-state index is 11.5. The fraction of sp³-hybridized carbons (Fsp3) is 0.900. The number of hydrogen-bond acceptors (Lipinski definition) is 3. The van der Waals surface area contributed by atoms with Crippen molar-refractivity contribution in [2.24, 2.45) is 0 Å². The third-order valence-corrected chi connectivity index (χ3v) is 4.63. The summed E-state index contributed by atoms with van der Waals surface area (Å²) in [5.74, 6) is 0. The van der Waals surface area contributed by atoms with Gasteiger partial charge in [-0.3, -0.25) is 0 Å². The molecule has 5 heteroatoms. The summed E-state index contributed by atoms with van der Waals surface area (Å²) in [5, 5.41) is 9.17. The summed E-state index contributed by atoms with van der Waals surface area (Å²) in [5.41, 5.74) is 0. The van der Waals surface area contributed by atoms with Crippen molar-refractivity contribution in [2.45, 2.75) is 30.1 Å². The highest BCUT2D eigenvalue weighted by Crippen LogP contribution is 2.46. The predicted molar refractivity (Wildman–Crippen MR) is 63.3 cm³/mol. The van der Waals surface area contributed by atoms with Crippen LogP contribution in [0.15, 0.2) is 0 Å². The minimum atomic E-state index is -0.0102. The summed E-state index contributed by atoms with van der Waals surface area (Å²) < 4.78 is 0.352. The van der Waals surface area contributed by atoms with Crippen LogP contribution >= 0.6 is 11.8 Å². The Morgan fingerprint density at radius 3 is 2.93 bits per heavy atom. The smallest absolute Gasteiger partial charge is 0.315 e. The molecule has 2 aliphatic rings. The van der Waals surface area contributed by atoms with E-state index in [0.717, 1.165) is 26.1 Å². The molecule has 1 saturated heterocycles. The fourth-order valence-electron chi connectivity index (χ4n) is 1.85. The molecule has 0 aromatic rings. The molecule has 0 spiro atoms. The van der Waals surface area contributed by atoms with Gasteiger partial charge in [-0.2, -0.15) is 11.8 Å². The van der Waals surface area contributed by atoms with Gasteiger partial charge in [0.05, 0.1) is 0 Å². The molecule has 4 nitrogen and oxygen atoms in total. The Morgan fingerprint density at radius 2 is 2.40 bits per heavy atom. The molecular weight excluding hydrogens is 210 g/mol. The Hall–Kier alpha value is -0.420. The third kappa shape index (κ3) is 3.01. The lowest BCUT2D eigenvalue weighted by molar-refractivity contribution is 0.237. The molecular formula is C10H19N3OS. The lowest BCUT2D eigenvalue weighted by Crippen LogP contribution is -2.45. The van der Waals surface area contributed by atoms with E-state index in [1.54, 1.807) is 0 Å². The first kappa shape index (κ1) is 11.1. The molecule has 0 aromatic heterocycles. The zero-order valence-electron chi connectivity index (χ0n) is 9.14. The number of urea groups is 1. The maximum atomic E-state index is 11.5. The van der Waals surface area contributed by atoms with Gasteiger partial charge < -0.3 is 16.0 Å². The zero-order chi connectivity index (χ0) is 10.7. The number of amides is 2. The van der Waals surface area contributed by atoms with E-state index in [9.17, 15) is 4.79 Å². The first-order valence-corrected chi connectivity index (χ1v) is 6.77. The summed E-state index contributed by atoms with van der Waals surface area (Å²) in [6.45, 7) is 2.72. The summed E-state index contributed by atoms with van der Waals surface area (Å²) in [4.78, 5) is 11.5. The van der Waals surface area contributed by atoms with Crippen LogP contribution in [0.2, 0.25) is 0 Å². The standard InChI is InChI=1S/C10H19N3OS/c1-15-10(3-4-10)7-12-9(14)13-8-2-5-11-6-8/h8,11H,2-7H2,1H3,(H2,12,13,14). The van der Waals surface area contributed by atoms with Crippen LogP contribution < -0.4 is 16.0 Å². The predicted octanol–water partition coefficient (Wildman–Crippen LogP) is 0.543. The highest BCUT2D eigenvalue weighted by atomic mass is 32.2. The molecule has 3 N–H and O–H groups in total.